The summed E-state index contributed by atoms with van der Waals surface area (Å²) in [7, 11) is 0. The predicted molar refractivity (Wildman–Crippen MR) is 128 cm³/mol. The number of hydrogen-bond donors (Lipinski definition) is 3. The van der Waals surface area contributed by atoms with Crippen LogP contribution in [0.4, 0.5) is 4.79 Å². The fourth-order valence-corrected chi connectivity index (χ4v) is 5.26. The van der Waals surface area contributed by atoms with E-state index in [1.807, 2.05) is 31.2 Å². The van der Waals surface area contributed by atoms with Gasteiger partial charge in [0.25, 0.3) is 0 Å². The van der Waals surface area contributed by atoms with Crippen LogP contribution < -0.4 is 10.6 Å². The zero-order valence-corrected chi connectivity index (χ0v) is 19.5. The summed E-state index contributed by atoms with van der Waals surface area (Å²) in [5.41, 5.74) is 4.69. The van der Waals surface area contributed by atoms with Gasteiger partial charge in [-0.25, -0.2) is 4.79 Å². The van der Waals surface area contributed by atoms with E-state index in [0.29, 0.717) is 25.7 Å². The molecule has 7 nitrogen and oxygen atoms in total. The standard InChI is InChI=1S/C27H32N2O5/c1-2-7-18(15-25(30)31)28-26(32)17-12-13-19(14-17)29-27(33)34-16-24-22-10-5-3-8-20(22)21-9-4-6-11-23(21)24/h3-6,8-11,17-19,24H,2,7,12-16H2,1H3,(H,28,32)(H,29,33)(H,30,31)/t17-,18-,19+/m0/s1. The van der Waals surface area contributed by atoms with E-state index < -0.39 is 12.1 Å². The Morgan fingerprint density at radius 2 is 1.68 bits per heavy atom. The quantitative estimate of drug-likeness (QED) is 0.508. The minimum Gasteiger partial charge on any atom is -0.481 e. The van der Waals surface area contributed by atoms with E-state index in [1.54, 1.807) is 0 Å². The Kier molecular flexibility index (Phi) is 7.50. The summed E-state index contributed by atoms with van der Waals surface area (Å²) in [6, 6.07) is 15.9. The molecular weight excluding hydrogens is 432 g/mol. The highest BCUT2D eigenvalue weighted by Gasteiger charge is 2.33. The van der Waals surface area contributed by atoms with E-state index >= 15 is 0 Å². The van der Waals surface area contributed by atoms with Gasteiger partial charge in [0.1, 0.15) is 6.61 Å². The molecule has 0 saturated heterocycles. The van der Waals surface area contributed by atoms with Crippen LogP contribution in [0.5, 0.6) is 0 Å². The number of carboxylic acids is 1. The molecule has 7 heteroatoms. The number of carbonyl (C=O) groups excluding carboxylic acids is 2. The van der Waals surface area contributed by atoms with Crippen LogP contribution in [0.2, 0.25) is 0 Å². The SMILES string of the molecule is CCC[C@@H](CC(=O)O)NC(=O)[C@H]1CC[C@@H](NC(=O)OCC2c3ccccc3-c3ccccc32)C1. The molecule has 1 saturated carbocycles. The van der Waals surface area contributed by atoms with Crippen molar-refractivity contribution in [1.82, 2.24) is 10.6 Å². The van der Waals surface area contributed by atoms with Gasteiger partial charge >= 0.3 is 12.1 Å². The Bertz CT molecular complexity index is 1010. The molecule has 3 atom stereocenters. The topological polar surface area (TPSA) is 105 Å². The Morgan fingerprint density at radius 1 is 1.03 bits per heavy atom. The maximum Gasteiger partial charge on any atom is 0.407 e. The van der Waals surface area contributed by atoms with Crippen molar-refractivity contribution in [3.8, 4) is 11.1 Å². The van der Waals surface area contributed by atoms with E-state index in [9.17, 15) is 14.4 Å². The number of hydrogen-bond acceptors (Lipinski definition) is 4. The molecule has 2 aliphatic carbocycles. The van der Waals surface area contributed by atoms with Gasteiger partial charge in [0, 0.05) is 23.9 Å². The fraction of sp³-hybridized carbons (Fsp3) is 0.444. The minimum atomic E-state index is -0.917. The smallest absolute Gasteiger partial charge is 0.407 e. The van der Waals surface area contributed by atoms with Gasteiger partial charge in [-0.3, -0.25) is 9.59 Å². The summed E-state index contributed by atoms with van der Waals surface area (Å²) in [5, 5.41) is 14.8. The second-order valence-corrected chi connectivity index (χ2v) is 9.27. The minimum absolute atomic E-state index is 0.00462. The molecule has 2 amide bonds. The van der Waals surface area contributed by atoms with Crippen molar-refractivity contribution in [3.05, 3.63) is 59.7 Å². The van der Waals surface area contributed by atoms with Crippen LogP contribution in [-0.2, 0) is 14.3 Å². The summed E-state index contributed by atoms with van der Waals surface area (Å²) >= 11 is 0. The summed E-state index contributed by atoms with van der Waals surface area (Å²) in [6.07, 6.45) is 2.77. The highest BCUT2D eigenvalue weighted by molar-refractivity contribution is 5.81. The number of ether oxygens (including phenoxy) is 1. The van der Waals surface area contributed by atoms with Crippen LogP contribution in [0.25, 0.3) is 11.1 Å². The Balaban J connectivity index is 1.28. The summed E-state index contributed by atoms with van der Waals surface area (Å²) < 4.78 is 5.62. The van der Waals surface area contributed by atoms with E-state index in [4.69, 9.17) is 9.84 Å². The highest BCUT2D eigenvalue weighted by atomic mass is 16.5. The lowest BCUT2D eigenvalue weighted by molar-refractivity contribution is -0.137. The molecule has 0 heterocycles. The van der Waals surface area contributed by atoms with Gasteiger partial charge in [0.2, 0.25) is 5.91 Å². The summed E-state index contributed by atoms with van der Waals surface area (Å²) in [6.45, 7) is 2.22. The highest BCUT2D eigenvalue weighted by Crippen LogP contribution is 2.44. The monoisotopic (exact) mass is 464 g/mol. The van der Waals surface area contributed by atoms with Crippen molar-refractivity contribution in [2.75, 3.05) is 6.61 Å². The van der Waals surface area contributed by atoms with E-state index in [-0.39, 0.29) is 42.9 Å². The number of benzene rings is 2. The number of alkyl carbamates (subject to hydrolysis) is 1. The largest absolute Gasteiger partial charge is 0.481 e. The lowest BCUT2D eigenvalue weighted by Crippen LogP contribution is -2.40. The molecule has 0 aliphatic heterocycles. The van der Waals surface area contributed by atoms with Crippen LogP contribution in [0.3, 0.4) is 0 Å². The summed E-state index contributed by atoms with van der Waals surface area (Å²) in [5.74, 6) is -1.27. The number of nitrogens with one attached hydrogen (secondary N) is 2. The molecule has 3 N–H and O–H groups in total. The lowest BCUT2D eigenvalue weighted by atomic mass is 9.98. The lowest BCUT2D eigenvalue weighted by Gasteiger charge is -2.19. The van der Waals surface area contributed by atoms with E-state index in [1.165, 1.54) is 11.1 Å². The zero-order chi connectivity index (χ0) is 24.1. The van der Waals surface area contributed by atoms with Crippen LogP contribution >= 0.6 is 0 Å². The molecule has 0 unspecified atom stereocenters. The molecular formula is C27H32N2O5. The maximum atomic E-state index is 12.6. The van der Waals surface area contributed by atoms with Gasteiger partial charge in [-0.2, -0.15) is 0 Å². The normalized spacial score (nSPS) is 19.7. The number of aliphatic carboxylic acids is 1. The van der Waals surface area contributed by atoms with Crippen molar-refractivity contribution in [3.63, 3.8) is 0 Å². The number of carboxylic acid groups (broad SMARTS) is 1. The van der Waals surface area contributed by atoms with Crippen LogP contribution in [0, 0.1) is 5.92 Å². The third-order valence-corrected chi connectivity index (χ3v) is 6.87. The number of amides is 2. The summed E-state index contributed by atoms with van der Waals surface area (Å²) in [4.78, 5) is 36.2. The van der Waals surface area contributed by atoms with E-state index in [0.717, 1.165) is 17.5 Å². The molecule has 0 aromatic heterocycles. The molecule has 2 aliphatic rings. The fourth-order valence-electron chi connectivity index (χ4n) is 5.26. The third kappa shape index (κ3) is 5.41. The molecule has 1 fully saturated rings. The number of fused-ring (bicyclic) bond motifs is 3. The molecule has 2 aromatic rings. The van der Waals surface area contributed by atoms with Crippen molar-refractivity contribution < 1.29 is 24.2 Å². The van der Waals surface area contributed by atoms with Gasteiger partial charge in [-0.1, -0.05) is 61.9 Å². The molecule has 2 aromatic carbocycles. The molecule has 180 valence electrons. The van der Waals surface area contributed by atoms with Crippen molar-refractivity contribution in [2.45, 2.75) is 63.5 Å². The predicted octanol–water partition coefficient (Wildman–Crippen LogP) is 4.45. The van der Waals surface area contributed by atoms with Gasteiger partial charge in [-0.05, 0) is 47.9 Å². The van der Waals surface area contributed by atoms with Gasteiger partial charge in [-0.15, -0.1) is 0 Å². The van der Waals surface area contributed by atoms with Crippen LogP contribution in [0.1, 0.15) is 62.5 Å². The zero-order valence-electron chi connectivity index (χ0n) is 19.5. The second kappa shape index (κ2) is 10.7. The first-order chi connectivity index (χ1) is 16.5. The first-order valence-electron chi connectivity index (χ1n) is 12.1. The average Bonchev–Trinajstić information content (AvgIpc) is 3.40. The first-order valence-corrected chi connectivity index (χ1v) is 12.1. The third-order valence-electron chi connectivity index (χ3n) is 6.87. The molecule has 34 heavy (non-hydrogen) atoms. The average molecular weight is 465 g/mol. The van der Waals surface area contributed by atoms with Crippen molar-refractivity contribution >= 4 is 18.0 Å². The van der Waals surface area contributed by atoms with Crippen LogP contribution in [-0.4, -0.2) is 41.8 Å². The number of carbonyl (C=O) groups is 3. The Hall–Kier alpha value is -3.35. The Labute approximate surface area is 199 Å². The van der Waals surface area contributed by atoms with Crippen LogP contribution in [0.15, 0.2) is 48.5 Å². The maximum absolute atomic E-state index is 12.6. The van der Waals surface area contributed by atoms with Gasteiger partial charge < -0.3 is 20.5 Å². The first kappa shape index (κ1) is 23.8. The van der Waals surface area contributed by atoms with Gasteiger partial charge in [0.05, 0.1) is 6.42 Å². The Morgan fingerprint density at radius 3 is 2.29 bits per heavy atom. The molecule has 4 rings (SSSR count). The van der Waals surface area contributed by atoms with E-state index in [2.05, 4.69) is 34.9 Å². The number of rotatable bonds is 9. The second-order valence-electron chi connectivity index (χ2n) is 9.27. The van der Waals surface area contributed by atoms with Crippen molar-refractivity contribution in [1.29, 1.82) is 0 Å². The molecule has 0 bridgehead atoms. The molecule has 0 spiro atoms. The van der Waals surface area contributed by atoms with Crippen molar-refractivity contribution in [2.24, 2.45) is 5.92 Å². The molecule has 0 radical (unpaired) electrons. The van der Waals surface area contributed by atoms with Gasteiger partial charge in [0.15, 0.2) is 0 Å².